The molecule has 5 nitrogen and oxygen atoms in total. The Hall–Kier alpha value is -1.98. The van der Waals surface area contributed by atoms with Gasteiger partial charge in [0, 0.05) is 13.1 Å². The maximum atomic E-state index is 12.5. The zero-order valence-corrected chi connectivity index (χ0v) is 14.3. The summed E-state index contributed by atoms with van der Waals surface area (Å²) in [5.41, 5.74) is 0.476. The fraction of sp³-hybridized carbons (Fsp3) is 0.294. The first kappa shape index (κ1) is 16.9. The van der Waals surface area contributed by atoms with Gasteiger partial charge in [0.25, 0.3) is 5.91 Å². The molecule has 126 valence electrons. The lowest BCUT2D eigenvalue weighted by molar-refractivity contribution is -0.121. The Morgan fingerprint density at radius 2 is 2.04 bits per heavy atom. The molecule has 1 aliphatic rings. The molecule has 1 saturated heterocycles. The molecule has 1 N–H and O–H groups in total. The molecule has 2 heterocycles. The molecule has 1 aromatic heterocycles. The molecule has 1 atom stereocenters. The fourth-order valence-electron chi connectivity index (χ4n) is 2.77. The number of anilines is 1. The lowest BCUT2D eigenvalue weighted by Gasteiger charge is -2.31. The van der Waals surface area contributed by atoms with Crippen molar-refractivity contribution in [1.29, 1.82) is 0 Å². The molecule has 1 aromatic carbocycles. The first-order valence-corrected chi connectivity index (χ1v) is 8.39. The monoisotopic (exact) mass is 366 g/mol. The van der Waals surface area contributed by atoms with Crippen molar-refractivity contribution >= 4 is 40.7 Å². The highest BCUT2D eigenvalue weighted by atomic mass is 35.5. The number of carbonyl (C=O) groups excluding carboxylic acids is 2. The summed E-state index contributed by atoms with van der Waals surface area (Å²) < 4.78 is 5.14. The minimum absolute atomic E-state index is 0.170. The average molecular weight is 367 g/mol. The quantitative estimate of drug-likeness (QED) is 0.889. The summed E-state index contributed by atoms with van der Waals surface area (Å²) >= 11 is 12.1. The van der Waals surface area contributed by atoms with Crippen LogP contribution in [-0.4, -0.2) is 29.8 Å². The summed E-state index contributed by atoms with van der Waals surface area (Å²) in [6, 6.07) is 8.36. The highest BCUT2D eigenvalue weighted by molar-refractivity contribution is 6.44. The number of amides is 2. The van der Waals surface area contributed by atoms with Crippen molar-refractivity contribution in [3.05, 3.63) is 52.4 Å². The van der Waals surface area contributed by atoms with Gasteiger partial charge in [0.1, 0.15) is 0 Å². The second-order valence-corrected chi connectivity index (χ2v) is 6.44. The molecule has 0 spiro atoms. The summed E-state index contributed by atoms with van der Waals surface area (Å²) in [6.45, 7) is 0.963. The van der Waals surface area contributed by atoms with Crippen LogP contribution in [0.1, 0.15) is 23.4 Å². The first-order valence-electron chi connectivity index (χ1n) is 7.64. The van der Waals surface area contributed by atoms with Crippen LogP contribution in [0.25, 0.3) is 0 Å². The van der Waals surface area contributed by atoms with Crippen molar-refractivity contribution < 1.29 is 14.0 Å². The smallest absolute Gasteiger partial charge is 0.289 e. The third kappa shape index (κ3) is 3.57. The number of furan rings is 1. The second kappa shape index (κ2) is 7.28. The lowest BCUT2D eigenvalue weighted by atomic mass is 9.96. The molecule has 0 aliphatic carbocycles. The molecular formula is C17H16Cl2N2O3. The maximum Gasteiger partial charge on any atom is 0.289 e. The van der Waals surface area contributed by atoms with Crippen LogP contribution in [0.4, 0.5) is 5.69 Å². The first-order chi connectivity index (χ1) is 11.6. The maximum absolute atomic E-state index is 12.5. The van der Waals surface area contributed by atoms with Gasteiger partial charge in [-0.15, -0.1) is 0 Å². The molecule has 1 aliphatic heterocycles. The van der Waals surface area contributed by atoms with Crippen molar-refractivity contribution in [3.63, 3.8) is 0 Å². The Morgan fingerprint density at radius 3 is 2.79 bits per heavy atom. The molecule has 24 heavy (non-hydrogen) atoms. The molecule has 0 radical (unpaired) electrons. The number of likely N-dealkylation sites (tertiary alicyclic amines) is 1. The summed E-state index contributed by atoms with van der Waals surface area (Å²) in [5, 5.41) is 3.49. The van der Waals surface area contributed by atoms with E-state index in [0.29, 0.717) is 35.2 Å². The molecule has 0 bridgehead atoms. The highest BCUT2D eigenvalue weighted by Gasteiger charge is 2.30. The van der Waals surface area contributed by atoms with E-state index in [4.69, 9.17) is 27.6 Å². The van der Waals surface area contributed by atoms with Crippen LogP contribution in [0.5, 0.6) is 0 Å². The van der Waals surface area contributed by atoms with E-state index in [9.17, 15) is 9.59 Å². The Morgan fingerprint density at radius 1 is 1.21 bits per heavy atom. The number of nitrogens with one attached hydrogen (secondary N) is 1. The van der Waals surface area contributed by atoms with Crippen molar-refractivity contribution in [2.45, 2.75) is 12.8 Å². The van der Waals surface area contributed by atoms with Gasteiger partial charge < -0.3 is 14.6 Å². The van der Waals surface area contributed by atoms with E-state index in [-0.39, 0.29) is 23.5 Å². The number of nitrogens with zero attached hydrogens (tertiary/aromatic N) is 1. The Kier molecular flexibility index (Phi) is 5.11. The third-order valence-corrected chi connectivity index (χ3v) is 4.84. The van der Waals surface area contributed by atoms with E-state index in [1.54, 1.807) is 35.2 Å². The second-order valence-electron chi connectivity index (χ2n) is 5.66. The Balaban J connectivity index is 1.67. The number of carbonyl (C=O) groups is 2. The normalized spacial score (nSPS) is 17.6. The molecule has 1 unspecified atom stereocenters. The van der Waals surface area contributed by atoms with Gasteiger partial charge in [0.15, 0.2) is 5.76 Å². The van der Waals surface area contributed by atoms with Crippen LogP contribution in [-0.2, 0) is 4.79 Å². The molecular weight excluding hydrogens is 351 g/mol. The van der Waals surface area contributed by atoms with Gasteiger partial charge in [-0.1, -0.05) is 29.3 Å². The summed E-state index contributed by atoms with van der Waals surface area (Å²) in [5.74, 6) is -0.379. The zero-order valence-electron chi connectivity index (χ0n) is 12.8. The number of rotatable bonds is 3. The van der Waals surface area contributed by atoms with Gasteiger partial charge in [-0.25, -0.2) is 0 Å². The zero-order chi connectivity index (χ0) is 17.1. The van der Waals surface area contributed by atoms with E-state index in [1.807, 2.05) is 0 Å². The summed E-state index contributed by atoms with van der Waals surface area (Å²) in [7, 11) is 0. The average Bonchev–Trinajstić information content (AvgIpc) is 3.13. The third-order valence-electron chi connectivity index (χ3n) is 4.02. The van der Waals surface area contributed by atoms with Crippen LogP contribution in [0, 0.1) is 5.92 Å². The van der Waals surface area contributed by atoms with E-state index >= 15 is 0 Å². The van der Waals surface area contributed by atoms with Crippen molar-refractivity contribution in [1.82, 2.24) is 4.90 Å². The largest absolute Gasteiger partial charge is 0.459 e. The molecule has 1 fully saturated rings. The molecule has 0 saturated carbocycles. The topological polar surface area (TPSA) is 62.6 Å². The number of halogens is 2. The van der Waals surface area contributed by atoms with Gasteiger partial charge in [-0.3, -0.25) is 9.59 Å². The Labute approximate surface area is 149 Å². The summed E-state index contributed by atoms with van der Waals surface area (Å²) in [4.78, 5) is 26.5. The van der Waals surface area contributed by atoms with Gasteiger partial charge >= 0.3 is 0 Å². The minimum atomic E-state index is -0.298. The van der Waals surface area contributed by atoms with E-state index in [0.717, 1.165) is 6.42 Å². The number of benzene rings is 1. The van der Waals surface area contributed by atoms with Gasteiger partial charge in [-0.05, 0) is 37.1 Å². The number of hydrogen-bond acceptors (Lipinski definition) is 3. The number of hydrogen-bond donors (Lipinski definition) is 1. The molecule has 3 rings (SSSR count). The van der Waals surface area contributed by atoms with E-state index < -0.39 is 0 Å². The lowest BCUT2D eigenvalue weighted by Crippen LogP contribution is -2.43. The fourth-order valence-corrected chi connectivity index (χ4v) is 3.11. The predicted molar refractivity (Wildman–Crippen MR) is 92.4 cm³/mol. The van der Waals surface area contributed by atoms with Crippen LogP contribution >= 0.6 is 23.2 Å². The van der Waals surface area contributed by atoms with Gasteiger partial charge in [-0.2, -0.15) is 0 Å². The SMILES string of the molecule is O=C(Nc1cccc(Cl)c1Cl)C1CCCN(C(=O)c2ccco2)C1. The van der Waals surface area contributed by atoms with Gasteiger partial charge in [0.2, 0.25) is 5.91 Å². The van der Waals surface area contributed by atoms with Crippen LogP contribution in [0.3, 0.4) is 0 Å². The Bertz CT molecular complexity index is 746. The van der Waals surface area contributed by atoms with Crippen LogP contribution < -0.4 is 5.32 Å². The van der Waals surface area contributed by atoms with Crippen molar-refractivity contribution in [3.8, 4) is 0 Å². The standard InChI is InChI=1S/C17H16Cl2N2O3/c18-12-5-1-6-13(15(12)19)20-16(22)11-4-2-8-21(10-11)17(23)14-7-3-9-24-14/h1,3,5-7,9,11H,2,4,8,10H2,(H,20,22). The minimum Gasteiger partial charge on any atom is -0.459 e. The van der Waals surface area contributed by atoms with Crippen molar-refractivity contribution in [2.24, 2.45) is 5.92 Å². The van der Waals surface area contributed by atoms with E-state index in [1.165, 1.54) is 6.26 Å². The van der Waals surface area contributed by atoms with Gasteiger partial charge in [0.05, 0.1) is 27.9 Å². The molecule has 7 heteroatoms. The number of piperidine rings is 1. The van der Waals surface area contributed by atoms with Crippen LogP contribution in [0.15, 0.2) is 41.0 Å². The van der Waals surface area contributed by atoms with Crippen LogP contribution in [0.2, 0.25) is 10.0 Å². The van der Waals surface area contributed by atoms with Crippen molar-refractivity contribution in [2.75, 3.05) is 18.4 Å². The molecule has 2 aromatic rings. The highest BCUT2D eigenvalue weighted by Crippen LogP contribution is 2.30. The van der Waals surface area contributed by atoms with E-state index in [2.05, 4.69) is 5.32 Å². The summed E-state index contributed by atoms with van der Waals surface area (Å²) in [6.07, 6.45) is 2.93. The molecule has 2 amide bonds. The predicted octanol–water partition coefficient (Wildman–Crippen LogP) is 4.08.